The van der Waals surface area contributed by atoms with E-state index in [0.29, 0.717) is 0 Å². The molecule has 1 heteroatoms. The Morgan fingerprint density at radius 1 is 0.929 bits per heavy atom. The fraction of sp³-hybridized carbons (Fsp3) is 0.308. The molecule has 0 bridgehead atoms. The van der Waals surface area contributed by atoms with Crippen LogP contribution in [0.2, 0.25) is 0 Å². The monoisotopic (exact) mass is 185 g/mol. The molecule has 2 aromatic rings. The zero-order chi connectivity index (χ0) is 10.3. The van der Waals surface area contributed by atoms with Gasteiger partial charge >= 0.3 is 0 Å². The zero-order valence-electron chi connectivity index (χ0n) is 9.18. The Morgan fingerprint density at radius 2 is 1.64 bits per heavy atom. The first kappa shape index (κ1) is 9.20. The third kappa shape index (κ3) is 1.20. The molecule has 1 aromatic heterocycles. The van der Waals surface area contributed by atoms with Gasteiger partial charge in [-0.1, -0.05) is 6.07 Å². The molecule has 0 aliphatic heterocycles. The minimum Gasteiger partial charge on any atom is -0.256 e. The van der Waals surface area contributed by atoms with Crippen molar-refractivity contribution in [1.82, 2.24) is 4.98 Å². The summed E-state index contributed by atoms with van der Waals surface area (Å²) in [7, 11) is 0. The highest BCUT2D eigenvalue weighted by molar-refractivity contribution is 5.88. The quantitative estimate of drug-likeness (QED) is 0.612. The normalized spacial score (nSPS) is 10.9. The van der Waals surface area contributed by atoms with Crippen LogP contribution in [0.25, 0.3) is 10.9 Å². The predicted octanol–water partition coefficient (Wildman–Crippen LogP) is 3.47. The van der Waals surface area contributed by atoms with Crippen LogP contribution in [0.15, 0.2) is 18.3 Å². The first-order valence-electron chi connectivity index (χ1n) is 4.93. The summed E-state index contributed by atoms with van der Waals surface area (Å²) >= 11 is 0. The number of benzene rings is 1. The molecule has 0 saturated carbocycles. The van der Waals surface area contributed by atoms with Crippen LogP contribution in [-0.4, -0.2) is 4.98 Å². The Hall–Kier alpha value is -1.37. The number of hydrogen-bond acceptors (Lipinski definition) is 1. The van der Waals surface area contributed by atoms with Crippen molar-refractivity contribution in [3.63, 3.8) is 0 Å². The van der Waals surface area contributed by atoms with E-state index >= 15 is 0 Å². The van der Waals surface area contributed by atoms with Crippen molar-refractivity contribution in [3.05, 3.63) is 40.6 Å². The third-order valence-electron chi connectivity index (χ3n) is 2.93. The number of nitrogens with zero attached hydrogens (tertiary/aromatic N) is 1. The van der Waals surface area contributed by atoms with E-state index in [1.54, 1.807) is 0 Å². The fourth-order valence-electron chi connectivity index (χ4n) is 2.03. The van der Waals surface area contributed by atoms with Gasteiger partial charge in [-0.2, -0.15) is 0 Å². The number of aromatic nitrogens is 1. The summed E-state index contributed by atoms with van der Waals surface area (Å²) in [4.78, 5) is 4.44. The van der Waals surface area contributed by atoms with Gasteiger partial charge in [0.1, 0.15) is 0 Å². The van der Waals surface area contributed by atoms with Crippen LogP contribution in [0, 0.1) is 27.7 Å². The lowest BCUT2D eigenvalue weighted by atomic mass is 9.97. The molecule has 72 valence electrons. The average molecular weight is 185 g/mol. The SMILES string of the molecule is Cc1cc(C)c2nccc(C)c2c1C. The average Bonchev–Trinajstić information content (AvgIpc) is 2.14. The van der Waals surface area contributed by atoms with Crippen molar-refractivity contribution < 1.29 is 0 Å². The topological polar surface area (TPSA) is 12.9 Å². The molecule has 1 aromatic carbocycles. The second kappa shape index (κ2) is 3.09. The van der Waals surface area contributed by atoms with Crippen molar-refractivity contribution in [2.75, 3.05) is 0 Å². The summed E-state index contributed by atoms with van der Waals surface area (Å²) in [5, 5.41) is 1.32. The van der Waals surface area contributed by atoms with Crippen LogP contribution in [-0.2, 0) is 0 Å². The summed E-state index contributed by atoms with van der Waals surface area (Å²) < 4.78 is 0. The van der Waals surface area contributed by atoms with Gasteiger partial charge in [0.2, 0.25) is 0 Å². The van der Waals surface area contributed by atoms with Gasteiger partial charge in [0.05, 0.1) is 5.52 Å². The maximum Gasteiger partial charge on any atom is 0.0736 e. The molecule has 0 aliphatic rings. The van der Waals surface area contributed by atoms with Gasteiger partial charge in [0, 0.05) is 11.6 Å². The van der Waals surface area contributed by atoms with Gasteiger partial charge < -0.3 is 0 Å². The van der Waals surface area contributed by atoms with E-state index in [9.17, 15) is 0 Å². The molecular formula is C13H15N. The second-order valence-electron chi connectivity index (χ2n) is 3.99. The molecule has 0 fully saturated rings. The number of rotatable bonds is 0. The van der Waals surface area contributed by atoms with Gasteiger partial charge in [-0.15, -0.1) is 0 Å². The molecule has 0 amide bonds. The van der Waals surface area contributed by atoms with E-state index in [1.165, 1.54) is 27.6 Å². The molecule has 2 rings (SSSR count). The summed E-state index contributed by atoms with van der Waals surface area (Å²) in [6, 6.07) is 4.29. The second-order valence-corrected chi connectivity index (χ2v) is 3.99. The minimum absolute atomic E-state index is 1.15. The number of hydrogen-bond donors (Lipinski definition) is 0. The van der Waals surface area contributed by atoms with E-state index < -0.39 is 0 Å². The van der Waals surface area contributed by atoms with E-state index in [-0.39, 0.29) is 0 Å². The van der Waals surface area contributed by atoms with Crippen molar-refractivity contribution in [1.29, 1.82) is 0 Å². The van der Waals surface area contributed by atoms with E-state index in [2.05, 4.69) is 44.8 Å². The van der Waals surface area contributed by atoms with Crippen molar-refractivity contribution >= 4 is 10.9 Å². The molecule has 0 unspecified atom stereocenters. The number of fused-ring (bicyclic) bond motifs is 1. The van der Waals surface area contributed by atoms with Crippen LogP contribution in [0.5, 0.6) is 0 Å². The van der Waals surface area contributed by atoms with Gasteiger partial charge in [-0.25, -0.2) is 0 Å². The first-order valence-corrected chi connectivity index (χ1v) is 4.93. The lowest BCUT2D eigenvalue weighted by molar-refractivity contribution is 1.28. The van der Waals surface area contributed by atoms with E-state index in [4.69, 9.17) is 0 Å². The summed E-state index contributed by atoms with van der Waals surface area (Å²) in [5.74, 6) is 0. The maximum atomic E-state index is 4.44. The zero-order valence-corrected chi connectivity index (χ0v) is 9.18. The molecule has 14 heavy (non-hydrogen) atoms. The lowest BCUT2D eigenvalue weighted by Crippen LogP contribution is -1.92. The molecule has 0 N–H and O–H groups in total. The van der Waals surface area contributed by atoms with Crippen LogP contribution in [0.4, 0.5) is 0 Å². The molecular weight excluding hydrogens is 170 g/mol. The first-order chi connectivity index (χ1) is 6.61. The highest BCUT2D eigenvalue weighted by atomic mass is 14.7. The Bertz CT molecular complexity index is 498. The Balaban J connectivity index is 3.03. The molecule has 1 heterocycles. The maximum absolute atomic E-state index is 4.44. The van der Waals surface area contributed by atoms with Crippen LogP contribution in [0.1, 0.15) is 22.3 Å². The van der Waals surface area contributed by atoms with Crippen molar-refractivity contribution in [2.45, 2.75) is 27.7 Å². The minimum atomic E-state index is 1.15. The van der Waals surface area contributed by atoms with Crippen LogP contribution >= 0.6 is 0 Å². The van der Waals surface area contributed by atoms with Crippen LogP contribution < -0.4 is 0 Å². The molecule has 0 radical (unpaired) electrons. The highest BCUT2D eigenvalue weighted by Crippen LogP contribution is 2.25. The predicted molar refractivity (Wildman–Crippen MR) is 60.7 cm³/mol. The molecule has 0 spiro atoms. The van der Waals surface area contributed by atoms with Crippen molar-refractivity contribution in [2.24, 2.45) is 0 Å². The molecule has 1 nitrogen and oxygen atoms in total. The molecule has 0 aliphatic carbocycles. The van der Waals surface area contributed by atoms with Gasteiger partial charge in [-0.3, -0.25) is 4.98 Å². The summed E-state index contributed by atoms with van der Waals surface area (Å²) in [6.07, 6.45) is 1.89. The number of pyridine rings is 1. The van der Waals surface area contributed by atoms with Crippen LogP contribution in [0.3, 0.4) is 0 Å². The standard InChI is InChI=1S/C13H15N/c1-8-5-6-14-13-10(3)7-9(2)11(4)12(8)13/h5-7H,1-4H3. The smallest absolute Gasteiger partial charge is 0.0736 e. The summed E-state index contributed by atoms with van der Waals surface area (Å²) in [6.45, 7) is 8.61. The van der Waals surface area contributed by atoms with E-state index in [1.807, 2.05) is 6.20 Å². The molecule has 0 atom stereocenters. The lowest BCUT2D eigenvalue weighted by Gasteiger charge is -2.10. The fourth-order valence-corrected chi connectivity index (χ4v) is 2.03. The Kier molecular flexibility index (Phi) is 2.03. The Morgan fingerprint density at radius 3 is 2.36 bits per heavy atom. The Labute approximate surface area is 84.8 Å². The van der Waals surface area contributed by atoms with Gasteiger partial charge in [0.25, 0.3) is 0 Å². The highest BCUT2D eigenvalue weighted by Gasteiger charge is 2.06. The third-order valence-corrected chi connectivity index (χ3v) is 2.93. The van der Waals surface area contributed by atoms with Gasteiger partial charge in [0.15, 0.2) is 0 Å². The molecule has 0 saturated heterocycles. The summed E-state index contributed by atoms with van der Waals surface area (Å²) in [5.41, 5.74) is 6.45. The van der Waals surface area contributed by atoms with Crippen molar-refractivity contribution in [3.8, 4) is 0 Å². The number of aryl methyl sites for hydroxylation is 4. The van der Waals surface area contributed by atoms with Gasteiger partial charge in [-0.05, 0) is 56.0 Å². The van der Waals surface area contributed by atoms with E-state index in [0.717, 1.165) is 5.52 Å². The largest absolute Gasteiger partial charge is 0.256 e.